The minimum Gasteiger partial charge on any atom is -0.504 e. The Hall–Kier alpha value is -2.24. The lowest BCUT2D eigenvalue weighted by Crippen LogP contribution is -2.35. The molecule has 2 rings (SSSR count). The number of carbonyl (C=O) groups excluding carboxylic acids is 1. The van der Waals surface area contributed by atoms with E-state index in [0.29, 0.717) is 35.4 Å². The highest BCUT2D eigenvalue weighted by molar-refractivity contribution is 5.76. The molecule has 0 heterocycles. The van der Waals surface area contributed by atoms with Gasteiger partial charge in [-0.05, 0) is 48.8 Å². The Labute approximate surface area is 148 Å². The number of phenolic OH excluding ortho intramolecular Hbond substituents is 1. The van der Waals surface area contributed by atoms with E-state index in [-0.39, 0.29) is 11.9 Å². The van der Waals surface area contributed by atoms with Crippen LogP contribution in [-0.4, -0.2) is 35.9 Å². The van der Waals surface area contributed by atoms with Crippen molar-refractivity contribution in [2.24, 2.45) is 17.8 Å². The van der Waals surface area contributed by atoms with Crippen molar-refractivity contribution in [1.29, 1.82) is 0 Å². The van der Waals surface area contributed by atoms with Gasteiger partial charge in [-0.2, -0.15) is 0 Å². The predicted octanol–water partition coefficient (Wildman–Crippen LogP) is 4.36. The fourth-order valence-electron chi connectivity index (χ4n) is 3.15. The molecule has 1 aliphatic carbocycles. The van der Waals surface area contributed by atoms with Gasteiger partial charge >= 0.3 is 6.16 Å². The maximum atomic E-state index is 10.5. The lowest BCUT2D eigenvalue weighted by atomic mass is 9.75. The van der Waals surface area contributed by atoms with E-state index in [1.165, 1.54) is 31.7 Å². The number of aldehydes is 1. The third-order valence-corrected chi connectivity index (χ3v) is 4.55. The highest BCUT2D eigenvalue weighted by atomic mass is 16.7. The van der Waals surface area contributed by atoms with E-state index < -0.39 is 6.16 Å². The molecule has 2 N–H and O–H groups in total. The number of phenols is 1. The standard InChI is InChI=1S/C11H20O3.C8H8O3/c1-7(2)9-5-4-8(3)6-10(9)14-11(12)13;1-11-8-4-6(5-9)2-3-7(8)10/h7-10H,4-6H2,1-3H3,(H,12,13);2-5,10H,1H3. The first kappa shape index (κ1) is 20.8. The van der Waals surface area contributed by atoms with Crippen LogP contribution in [0.5, 0.6) is 11.5 Å². The molecule has 3 atom stereocenters. The van der Waals surface area contributed by atoms with Gasteiger partial charge in [0.25, 0.3) is 0 Å². The van der Waals surface area contributed by atoms with Crippen LogP contribution in [0.25, 0.3) is 0 Å². The SMILES string of the molecule is CC1CCC(C(C)C)C(OC(=O)O)C1.COc1cc(C=O)ccc1O. The Balaban J connectivity index is 0.000000257. The van der Waals surface area contributed by atoms with Crippen molar-refractivity contribution in [2.75, 3.05) is 7.11 Å². The largest absolute Gasteiger partial charge is 0.506 e. The van der Waals surface area contributed by atoms with Gasteiger partial charge in [0.05, 0.1) is 7.11 Å². The van der Waals surface area contributed by atoms with E-state index >= 15 is 0 Å². The first-order chi connectivity index (χ1) is 11.8. The molecule has 0 saturated heterocycles. The number of aromatic hydroxyl groups is 1. The molecule has 6 nitrogen and oxygen atoms in total. The predicted molar refractivity (Wildman–Crippen MR) is 94.3 cm³/mol. The molecule has 0 aliphatic heterocycles. The van der Waals surface area contributed by atoms with Gasteiger partial charge in [-0.15, -0.1) is 0 Å². The van der Waals surface area contributed by atoms with Crippen LogP contribution in [0.3, 0.4) is 0 Å². The first-order valence-electron chi connectivity index (χ1n) is 8.50. The van der Waals surface area contributed by atoms with Gasteiger partial charge in [-0.3, -0.25) is 4.79 Å². The Bertz CT molecular complexity index is 569. The van der Waals surface area contributed by atoms with Crippen molar-refractivity contribution >= 4 is 12.4 Å². The van der Waals surface area contributed by atoms with Gasteiger partial charge in [0.1, 0.15) is 12.4 Å². The molecule has 0 bridgehead atoms. The highest BCUT2D eigenvalue weighted by Gasteiger charge is 2.33. The number of benzene rings is 1. The average molecular weight is 352 g/mol. The highest BCUT2D eigenvalue weighted by Crippen LogP contribution is 2.35. The minimum absolute atomic E-state index is 0.0399. The minimum atomic E-state index is -1.13. The van der Waals surface area contributed by atoms with Crippen molar-refractivity contribution < 1.29 is 29.3 Å². The zero-order valence-electron chi connectivity index (χ0n) is 15.3. The van der Waals surface area contributed by atoms with Crippen LogP contribution in [0, 0.1) is 17.8 Å². The molecule has 1 saturated carbocycles. The molecule has 140 valence electrons. The summed E-state index contributed by atoms with van der Waals surface area (Å²) in [5.74, 6) is 1.86. The van der Waals surface area contributed by atoms with Crippen LogP contribution in [0.1, 0.15) is 50.4 Å². The number of hydrogen-bond donors (Lipinski definition) is 2. The van der Waals surface area contributed by atoms with E-state index in [1.54, 1.807) is 0 Å². The van der Waals surface area contributed by atoms with Crippen molar-refractivity contribution in [2.45, 2.75) is 46.1 Å². The summed E-state index contributed by atoms with van der Waals surface area (Å²) in [4.78, 5) is 20.8. The van der Waals surface area contributed by atoms with Gasteiger partial charge in [0.15, 0.2) is 11.5 Å². The summed E-state index contributed by atoms with van der Waals surface area (Å²) in [5.41, 5.74) is 0.486. The molecular formula is C19H28O6. The Morgan fingerprint density at radius 3 is 2.52 bits per heavy atom. The van der Waals surface area contributed by atoms with Gasteiger partial charge < -0.3 is 19.7 Å². The van der Waals surface area contributed by atoms with Crippen molar-refractivity contribution in [3.05, 3.63) is 23.8 Å². The van der Waals surface area contributed by atoms with Crippen LogP contribution < -0.4 is 4.74 Å². The summed E-state index contributed by atoms with van der Waals surface area (Å²) in [5, 5.41) is 17.7. The third kappa shape index (κ3) is 6.64. The monoisotopic (exact) mass is 352 g/mol. The van der Waals surface area contributed by atoms with E-state index in [9.17, 15) is 9.59 Å². The number of carboxylic acid groups (broad SMARTS) is 1. The molecule has 0 radical (unpaired) electrons. The normalized spacial score (nSPS) is 22.5. The number of rotatable bonds is 4. The fourth-order valence-corrected chi connectivity index (χ4v) is 3.15. The molecular weight excluding hydrogens is 324 g/mol. The zero-order valence-corrected chi connectivity index (χ0v) is 15.3. The molecule has 1 aromatic carbocycles. The maximum Gasteiger partial charge on any atom is 0.506 e. The van der Waals surface area contributed by atoms with Crippen molar-refractivity contribution in [1.82, 2.24) is 0 Å². The Kier molecular flexibility index (Phi) is 8.25. The summed E-state index contributed by atoms with van der Waals surface area (Å²) >= 11 is 0. The first-order valence-corrected chi connectivity index (χ1v) is 8.50. The Morgan fingerprint density at radius 1 is 1.32 bits per heavy atom. The molecule has 1 aromatic rings. The summed E-state index contributed by atoms with van der Waals surface area (Å²) in [6.07, 6.45) is 2.65. The topological polar surface area (TPSA) is 93.1 Å². The quantitative estimate of drug-likeness (QED) is 0.618. The molecule has 1 aliphatic rings. The lowest BCUT2D eigenvalue weighted by molar-refractivity contribution is -0.0175. The number of carbonyl (C=O) groups is 2. The smallest absolute Gasteiger partial charge is 0.504 e. The second-order valence-electron chi connectivity index (χ2n) is 6.80. The summed E-state index contributed by atoms with van der Waals surface area (Å²) in [6.45, 7) is 6.44. The van der Waals surface area contributed by atoms with Crippen LogP contribution in [0.2, 0.25) is 0 Å². The van der Waals surface area contributed by atoms with E-state index in [0.717, 1.165) is 12.8 Å². The maximum absolute atomic E-state index is 10.5. The molecule has 6 heteroatoms. The fraction of sp³-hybridized carbons (Fsp3) is 0.579. The van der Waals surface area contributed by atoms with E-state index in [4.69, 9.17) is 19.7 Å². The van der Waals surface area contributed by atoms with Gasteiger partial charge in [0.2, 0.25) is 0 Å². The van der Waals surface area contributed by atoms with Crippen molar-refractivity contribution in [3.63, 3.8) is 0 Å². The molecule has 0 spiro atoms. The van der Waals surface area contributed by atoms with Crippen LogP contribution >= 0.6 is 0 Å². The molecule has 0 amide bonds. The summed E-state index contributed by atoms with van der Waals surface area (Å²) < 4.78 is 9.73. The molecule has 25 heavy (non-hydrogen) atoms. The molecule has 0 aromatic heterocycles. The molecule has 3 unspecified atom stereocenters. The second kappa shape index (κ2) is 9.91. The third-order valence-electron chi connectivity index (χ3n) is 4.55. The van der Waals surface area contributed by atoms with Gasteiger partial charge in [-0.1, -0.05) is 27.2 Å². The van der Waals surface area contributed by atoms with Crippen molar-refractivity contribution in [3.8, 4) is 11.5 Å². The summed E-state index contributed by atoms with van der Waals surface area (Å²) in [7, 11) is 1.43. The van der Waals surface area contributed by atoms with E-state index in [2.05, 4.69) is 20.8 Å². The Morgan fingerprint density at radius 2 is 2.00 bits per heavy atom. The average Bonchev–Trinajstić information content (AvgIpc) is 2.55. The number of hydrogen-bond acceptors (Lipinski definition) is 5. The van der Waals surface area contributed by atoms with Crippen LogP contribution in [0.15, 0.2) is 18.2 Å². The van der Waals surface area contributed by atoms with Gasteiger partial charge in [0, 0.05) is 5.56 Å². The number of methoxy groups -OCH3 is 1. The van der Waals surface area contributed by atoms with Crippen LogP contribution in [-0.2, 0) is 4.74 Å². The second-order valence-corrected chi connectivity index (χ2v) is 6.80. The van der Waals surface area contributed by atoms with Gasteiger partial charge in [-0.25, -0.2) is 4.79 Å². The lowest BCUT2D eigenvalue weighted by Gasteiger charge is -2.35. The van der Waals surface area contributed by atoms with E-state index in [1.807, 2.05) is 0 Å². The zero-order chi connectivity index (χ0) is 19.0. The number of ether oxygens (including phenoxy) is 2. The molecule has 1 fully saturated rings. The van der Waals surface area contributed by atoms with Crippen LogP contribution in [0.4, 0.5) is 4.79 Å². The summed E-state index contributed by atoms with van der Waals surface area (Å²) in [6, 6.07) is 4.41.